The van der Waals surface area contributed by atoms with Gasteiger partial charge >= 0.3 is 0 Å². The Morgan fingerprint density at radius 2 is 2.00 bits per heavy atom. The summed E-state index contributed by atoms with van der Waals surface area (Å²) in [7, 11) is 0. The molecule has 1 aromatic carbocycles. The Balaban J connectivity index is 2.15. The average Bonchev–Trinajstić information content (AvgIpc) is 2.98. The first-order valence-electron chi connectivity index (χ1n) is 5.42. The van der Waals surface area contributed by atoms with E-state index in [-0.39, 0.29) is 0 Å². The van der Waals surface area contributed by atoms with Crippen LogP contribution in [0.5, 0.6) is 0 Å². The van der Waals surface area contributed by atoms with E-state index in [0.717, 1.165) is 10.4 Å². The molecular weight excluding hydrogens is 248 g/mol. The minimum Gasteiger partial charge on any atom is -0.380 e. The van der Waals surface area contributed by atoms with Gasteiger partial charge in [0, 0.05) is 9.58 Å². The minimum atomic E-state index is -0.885. The molecule has 3 heteroatoms. The molecule has 1 N–H and O–H groups in total. The van der Waals surface area contributed by atoms with Crippen LogP contribution in [0.3, 0.4) is 0 Å². The lowest BCUT2D eigenvalue weighted by molar-refractivity contribution is 0.107. The highest BCUT2D eigenvalue weighted by atomic mass is 32.1. The van der Waals surface area contributed by atoms with Gasteiger partial charge in [0.2, 0.25) is 0 Å². The smallest absolute Gasteiger partial charge is 0.122 e. The predicted octanol–water partition coefficient (Wildman–Crippen LogP) is 4.22. The van der Waals surface area contributed by atoms with E-state index in [1.807, 2.05) is 35.9 Å². The van der Waals surface area contributed by atoms with Gasteiger partial charge in [0.25, 0.3) is 0 Å². The maximum absolute atomic E-state index is 10.7. The number of fused-ring (bicyclic) bond motifs is 1. The average molecular weight is 260 g/mol. The molecule has 0 aliphatic carbocycles. The maximum Gasteiger partial charge on any atom is 0.122 e. The Labute approximate surface area is 108 Å². The molecule has 17 heavy (non-hydrogen) atoms. The summed E-state index contributed by atoms with van der Waals surface area (Å²) in [6.45, 7) is 1.86. The molecule has 0 bridgehead atoms. The zero-order valence-corrected chi connectivity index (χ0v) is 11.0. The van der Waals surface area contributed by atoms with Crippen molar-refractivity contribution >= 4 is 32.8 Å². The van der Waals surface area contributed by atoms with E-state index in [9.17, 15) is 5.11 Å². The zero-order chi connectivity index (χ0) is 11.9. The molecule has 0 radical (unpaired) electrons. The van der Waals surface area contributed by atoms with Gasteiger partial charge in [0.15, 0.2) is 0 Å². The second-order valence-electron chi connectivity index (χ2n) is 4.23. The van der Waals surface area contributed by atoms with Crippen LogP contribution >= 0.6 is 22.7 Å². The van der Waals surface area contributed by atoms with E-state index >= 15 is 0 Å². The summed E-state index contributed by atoms with van der Waals surface area (Å²) in [6.07, 6.45) is 0. The van der Waals surface area contributed by atoms with Crippen molar-refractivity contribution in [1.29, 1.82) is 0 Å². The number of aliphatic hydroxyl groups is 1. The molecule has 1 nitrogen and oxygen atoms in total. The van der Waals surface area contributed by atoms with Gasteiger partial charge < -0.3 is 5.11 Å². The van der Waals surface area contributed by atoms with Gasteiger partial charge in [-0.3, -0.25) is 0 Å². The molecule has 0 saturated carbocycles. The summed E-state index contributed by atoms with van der Waals surface area (Å²) < 4.78 is 1.22. The minimum absolute atomic E-state index is 0.885. The monoisotopic (exact) mass is 260 g/mol. The molecule has 0 fully saturated rings. The van der Waals surface area contributed by atoms with Crippen LogP contribution in [0.2, 0.25) is 0 Å². The summed E-state index contributed by atoms with van der Waals surface area (Å²) in [5.74, 6) is 0. The van der Waals surface area contributed by atoms with Gasteiger partial charge in [-0.15, -0.1) is 11.3 Å². The Morgan fingerprint density at radius 1 is 1.18 bits per heavy atom. The Bertz CT molecular complexity index is 602. The molecule has 2 heterocycles. The second-order valence-corrected chi connectivity index (χ2v) is 6.10. The number of benzene rings is 1. The van der Waals surface area contributed by atoms with E-state index in [4.69, 9.17) is 0 Å². The fraction of sp³-hybridized carbons (Fsp3) is 0.143. The number of hydrogen-bond donors (Lipinski definition) is 1. The SMILES string of the molecule is CC(O)(c1ccsc1)c1cc2ccccc2s1. The number of thiophene rings is 2. The zero-order valence-electron chi connectivity index (χ0n) is 9.38. The van der Waals surface area contributed by atoms with Gasteiger partial charge in [-0.1, -0.05) is 18.2 Å². The largest absolute Gasteiger partial charge is 0.380 e. The second kappa shape index (κ2) is 3.95. The van der Waals surface area contributed by atoms with Crippen LogP contribution in [0.1, 0.15) is 17.4 Å². The van der Waals surface area contributed by atoms with Crippen LogP contribution < -0.4 is 0 Å². The first kappa shape index (κ1) is 11.0. The third-order valence-corrected chi connectivity index (χ3v) is 5.00. The van der Waals surface area contributed by atoms with E-state index in [1.165, 1.54) is 10.1 Å². The van der Waals surface area contributed by atoms with Crippen LogP contribution in [-0.4, -0.2) is 5.11 Å². The van der Waals surface area contributed by atoms with Gasteiger partial charge in [-0.2, -0.15) is 11.3 Å². The van der Waals surface area contributed by atoms with Crippen molar-refractivity contribution in [3.05, 3.63) is 57.6 Å². The molecule has 0 aliphatic heterocycles. The van der Waals surface area contributed by atoms with Gasteiger partial charge in [-0.05, 0) is 46.8 Å². The molecule has 1 atom stereocenters. The highest BCUT2D eigenvalue weighted by Crippen LogP contribution is 2.37. The molecular formula is C14H12OS2. The normalized spacial score (nSPS) is 14.9. The van der Waals surface area contributed by atoms with Crippen molar-refractivity contribution in [3.63, 3.8) is 0 Å². The molecule has 3 aromatic rings. The predicted molar refractivity (Wildman–Crippen MR) is 74.8 cm³/mol. The summed E-state index contributed by atoms with van der Waals surface area (Å²) in [5.41, 5.74) is 0.0815. The lowest BCUT2D eigenvalue weighted by Crippen LogP contribution is -2.20. The van der Waals surface area contributed by atoms with Crippen LogP contribution in [0.25, 0.3) is 10.1 Å². The van der Waals surface area contributed by atoms with Crippen molar-refractivity contribution in [1.82, 2.24) is 0 Å². The third kappa shape index (κ3) is 1.80. The molecule has 3 rings (SSSR count). The summed E-state index contributed by atoms with van der Waals surface area (Å²) in [4.78, 5) is 0.997. The Morgan fingerprint density at radius 3 is 2.71 bits per heavy atom. The van der Waals surface area contributed by atoms with Crippen LogP contribution in [0.4, 0.5) is 0 Å². The molecule has 0 saturated heterocycles. The Kier molecular flexibility index (Phi) is 2.54. The van der Waals surface area contributed by atoms with Gasteiger partial charge in [0.05, 0.1) is 0 Å². The fourth-order valence-corrected chi connectivity index (χ4v) is 3.79. The van der Waals surface area contributed by atoms with Crippen molar-refractivity contribution in [2.45, 2.75) is 12.5 Å². The van der Waals surface area contributed by atoms with Crippen LogP contribution in [0.15, 0.2) is 47.2 Å². The van der Waals surface area contributed by atoms with E-state index in [0.29, 0.717) is 0 Å². The molecule has 0 amide bonds. The van der Waals surface area contributed by atoms with Gasteiger partial charge in [0.1, 0.15) is 5.60 Å². The highest BCUT2D eigenvalue weighted by Gasteiger charge is 2.27. The van der Waals surface area contributed by atoms with Gasteiger partial charge in [-0.25, -0.2) is 0 Å². The lowest BCUT2D eigenvalue weighted by Gasteiger charge is -2.20. The Hall–Kier alpha value is -1.16. The van der Waals surface area contributed by atoms with E-state index < -0.39 is 5.60 Å². The summed E-state index contributed by atoms with van der Waals surface area (Å²) in [5, 5.41) is 15.9. The topological polar surface area (TPSA) is 20.2 Å². The highest BCUT2D eigenvalue weighted by molar-refractivity contribution is 7.19. The molecule has 86 valence electrons. The first-order chi connectivity index (χ1) is 8.18. The van der Waals surface area contributed by atoms with E-state index in [2.05, 4.69) is 18.2 Å². The van der Waals surface area contributed by atoms with Crippen molar-refractivity contribution in [3.8, 4) is 0 Å². The quantitative estimate of drug-likeness (QED) is 0.731. The van der Waals surface area contributed by atoms with Crippen LogP contribution in [0, 0.1) is 0 Å². The molecule has 0 spiro atoms. The van der Waals surface area contributed by atoms with Crippen molar-refractivity contribution < 1.29 is 5.11 Å². The molecule has 0 aliphatic rings. The number of hydrogen-bond acceptors (Lipinski definition) is 3. The standard InChI is InChI=1S/C14H12OS2/c1-14(15,11-6-7-16-9-11)13-8-10-4-2-3-5-12(10)17-13/h2-9,15H,1H3. The third-order valence-electron chi connectivity index (χ3n) is 2.99. The van der Waals surface area contributed by atoms with Crippen LogP contribution in [-0.2, 0) is 5.60 Å². The maximum atomic E-state index is 10.7. The fourth-order valence-electron chi connectivity index (χ4n) is 1.91. The number of rotatable bonds is 2. The van der Waals surface area contributed by atoms with Crippen molar-refractivity contribution in [2.75, 3.05) is 0 Å². The lowest BCUT2D eigenvalue weighted by atomic mass is 9.97. The van der Waals surface area contributed by atoms with E-state index in [1.54, 1.807) is 22.7 Å². The van der Waals surface area contributed by atoms with Crippen molar-refractivity contribution in [2.24, 2.45) is 0 Å². The first-order valence-corrected chi connectivity index (χ1v) is 7.18. The molecule has 2 aromatic heterocycles. The molecule has 1 unspecified atom stereocenters. The summed E-state index contributed by atoms with van der Waals surface area (Å²) >= 11 is 3.27. The summed E-state index contributed by atoms with van der Waals surface area (Å²) in [6, 6.07) is 12.3.